The van der Waals surface area contributed by atoms with E-state index in [4.69, 9.17) is 38.9 Å². The molecule has 3 heterocycles. The smallest absolute Gasteiger partial charge is 0.372 e. The molecule has 54 heavy (non-hydrogen) atoms. The lowest BCUT2D eigenvalue weighted by molar-refractivity contribution is -0.686. The zero-order valence-electron chi connectivity index (χ0n) is 32.3. The van der Waals surface area contributed by atoms with E-state index in [0.29, 0.717) is 31.3 Å². The number of carbonyl (C=O) groups excluding carboxylic acids is 4. The van der Waals surface area contributed by atoms with Gasteiger partial charge in [0.1, 0.15) is 36.1 Å². The summed E-state index contributed by atoms with van der Waals surface area (Å²) in [4.78, 5) is 53.0. The van der Waals surface area contributed by atoms with Crippen LogP contribution < -0.4 is 10.3 Å². The number of cyclic esters (lactones) is 1. The first-order valence-corrected chi connectivity index (χ1v) is 19.5. The Balaban J connectivity index is 1.21. The number of fused-ring (bicyclic) bond motifs is 5. The summed E-state index contributed by atoms with van der Waals surface area (Å²) < 4.78 is 43.8. The van der Waals surface area contributed by atoms with Gasteiger partial charge in [-0.05, 0) is 80.8 Å². The predicted molar refractivity (Wildman–Crippen MR) is 193 cm³/mol. The number of amides is 1. The van der Waals surface area contributed by atoms with Crippen molar-refractivity contribution < 1.29 is 56.9 Å². The van der Waals surface area contributed by atoms with Gasteiger partial charge in [-0.25, -0.2) is 4.79 Å². The van der Waals surface area contributed by atoms with Gasteiger partial charge in [0.15, 0.2) is 24.5 Å². The summed E-state index contributed by atoms with van der Waals surface area (Å²) in [6.45, 7) is 5.61. The number of rotatable bonds is 10. The molecular weight excluding hydrogens is 696 g/mol. The lowest BCUT2D eigenvalue weighted by Crippen LogP contribution is -2.59. The largest absolute Gasteiger partial charge is 0.462 e. The van der Waals surface area contributed by atoms with Gasteiger partial charge in [-0.2, -0.15) is 4.57 Å². The van der Waals surface area contributed by atoms with Crippen molar-refractivity contribution in [3.05, 3.63) is 53.9 Å². The van der Waals surface area contributed by atoms with Crippen molar-refractivity contribution in [2.24, 2.45) is 41.2 Å². The molecule has 0 bridgehead atoms. The van der Waals surface area contributed by atoms with Gasteiger partial charge in [0.05, 0.1) is 24.5 Å². The fourth-order valence-corrected chi connectivity index (χ4v) is 9.58. The Hall–Kier alpha value is -3.49. The number of hydrogen-bond acceptors (Lipinski definition) is 11. The van der Waals surface area contributed by atoms with Crippen LogP contribution >= 0.6 is 0 Å². The Morgan fingerprint density at radius 2 is 1.74 bits per heavy atom. The Labute approximate surface area is 317 Å². The van der Waals surface area contributed by atoms with Gasteiger partial charge < -0.3 is 38.9 Å². The predicted octanol–water partition coefficient (Wildman–Crippen LogP) is 3.65. The highest BCUT2D eigenvalue weighted by Crippen LogP contribution is 2.54. The number of Topliss-reactive ketones (excluding diaryl/α,β-unsaturated/α-hetero) is 1. The van der Waals surface area contributed by atoms with E-state index in [1.54, 1.807) is 44.2 Å². The number of nitrogens with two attached hydrogens (primary N) is 1. The fourth-order valence-electron chi connectivity index (χ4n) is 9.58. The summed E-state index contributed by atoms with van der Waals surface area (Å²) in [5, 5.41) is 0. The van der Waals surface area contributed by atoms with Crippen LogP contribution in [0.25, 0.3) is 0 Å². The maximum Gasteiger partial charge on any atom is 0.372 e. The Kier molecular flexibility index (Phi) is 13.0. The van der Waals surface area contributed by atoms with Crippen molar-refractivity contribution in [3.8, 4) is 0 Å². The highest BCUT2D eigenvalue weighted by atomic mass is 16.7. The SMILES string of the molecule is CC[C@H]1CCC[C@H](OC(=O)C[n+]2cccc(C(N)=O)c2)[C@@H](C)C(=O)C2=C[C@@H]3[C@@H](C=C[C@@H]4C[C@@H](O[C@@H]5O[C@@H](C)[C@H](OC)[C@@H](OC)[C@H]5OC)C[C@@H]34)[C@@H]2CC(=O)O1. The van der Waals surface area contributed by atoms with Crippen LogP contribution in [-0.2, 0) is 54.1 Å². The Bertz CT molecular complexity index is 1600. The number of allylic oxidation sites excluding steroid dienone is 4. The number of nitrogens with zero attached hydrogens (tertiary/aromatic N) is 1. The van der Waals surface area contributed by atoms with Gasteiger partial charge in [-0.1, -0.05) is 32.1 Å². The quantitative estimate of drug-likeness (QED) is 0.211. The van der Waals surface area contributed by atoms with Gasteiger partial charge in [0.2, 0.25) is 6.54 Å². The van der Waals surface area contributed by atoms with E-state index in [2.05, 4.69) is 18.2 Å². The molecular formula is C41H57N2O11+. The molecule has 1 aromatic heterocycles. The van der Waals surface area contributed by atoms with Gasteiger partial charge in [-0.15, -0.1) is 0 Å². The summed E-state index contributed by atoms with van der Waals surface area (Å²) in [5.74, 6) is -2.14. The maximum absolute atomic E-state index is 14.5. The second-order valence-electron chi connectivity index (χ2n) is 15.6. The molecule has 0 aromatic carbocycles. The number of primary amides is 1. The summed E-state index contributed by atoms with van der Waals surface area (Å²) in [5.41, 5.74) is 6.31. The molecule has 2 N–H and O–H groups in total. The molecule has 3 aliphatic carbocycles. The highest BCUT2D eigenvalue weighted by Gasteiger charge is 2.52. The first kappa shape index (κ1) is 40.2. The molecule has 1 aromatic rings. The van der Waals surface area contributed by atoms with E-state index in [1.165, 1.54) is 6.20 Å². The third-order valence-corrected chi connectivity index (χ3v) is 12.4. The van der Waals surface area contributed by atoms with Crippen LogP contribution in [0, 0.1) is 35.5 Å². The lowest BCUT2D eigenvalue weighted by Gasteiger charge is -2.44. The van der Waals surface area contributed by atoms with Crippen molar-refractivity contribution in [1.82, 2.24) is 0 Å². The normalized spacial score (nSPS) is 38.2. The van der Waals surface area contributed by atoms with E-state index in [9.17, 15) is 19.2 Å². The van der Waals surface area contributed by atoms with Crippen molar-refractivity contribution >= 4 is 23.6 Å². The van der Waals surface area contributed by atoms with Crippen LogP contribution in [0.4, 0.5) is 0 Å². The van der Waals surface area contributed by atoms with Crippen LogP contribution in [0.1, 0.15) is 76.1 Å². The van der Waals surface area contributed by atoms with E-state index in [1.807, 2.05) is 20.8 Å². The molecule has 6 rings (SSSR count). The average molecular weight is 754 g/mol. The Morgan fingerprint density at radius 3 is 2.44 bits per heavy atom. The number of pyridine rings is 1. The first-order valence-electron chi connectivity index (χ1n) is 19.5. The van der Waals surface area contributed by atoms with Crippen LogP contribution in [0.2, 0.25) is 0 Å². The molecule has 2 saturated heterocycles. The van der Waals surface area contributed by atoms with Gasteiger partial charge in [-0.3, -0.25) is 14.4 Å². The standard InChI is InChI=1S/C41H56N2O11/c1-7-26-11-8-12-33(54-35(45)21-43-15-9-10-25(20-43)40(42)47)22(2)36(46)32-18-30-28(31(32)19-34(44)52-26)14-13-24-16-27(17-29(24)30)53-41-39(50-6)38(49-5)37(48-4)23(3)51-41/h9-10,13-15,18,20,22-24,26-31,33,37-39,41H,7-8,11-12,16-17,19,21H2,1-6H3,(H-,42,47)/p+1/t22-,23+,24-,26+,27-,28-,29-,30-,31+,33+,37+,38-,39-,41+/m1/s1. The van der Waals surface area contributed by atoms with E-state index in [0.717, 1.165) is 12.8 Å². The molecule has 14 atom stereocenters. The molecule has 0 unspecified atom stereocenters. The van der Waals surface area contributed by atoms with E-state index in [-0.39, 0.29) is 90.4 Å². The van der Waals surface area contributed by atoms with Crippen molar-refractivity contribution in [2.45, 2.75) is 121 Å². The second-order valence-corrected chi connectivity index (χ2v) is 15.6. The van der Waals surface area contributed by atoms with Crippen molar-refractivity contribution in [3.63, 3.8) is 0 Å². The minimum absolute atomic E-state index is 0.0218. The van der Waals surface area contributed by atoms with Crippen molar-refractivity contribution in [1.29, 1.82) is 0 Å². The molecule has 1 amide bonds. The molecule has 5 aliphatic rings. The summed E-state index contributed by atoms with van der Waals surface area (Å²) >= 11 is 0. The summed E-state index contributed by atoms with van der Waals surface area (Å²) in [6, 6.07) is 3.21. The van der Waals surface area contributed by atoms with Crippen LogP contribution in [0.5, 0.6) is 0 Å². The molecule has 2 aliphatic heterocycles. The van der Waals surface area contributed by atoms with Crippen LogP contribution in [0.3, 0.4) is 0 Å². The number of ketones is 1. The molecule has 3 fully saturated rings. The fraction of sp³-hybridized carbons (Fsp3) is 0.683. The lowest BCUT2D eigenvalue weighted by atomic mass is 9.70. The molecule has 296 valence electrons. The molecule has 13 heteroatoms. The van der Waals surface area contributed by atoms with Gasteiger partial charge >= 0.3 is 11.9 Å². The molecule has 1 saturated carbocycles. The number of methoxy groups -OCH3 is 3. The summed E-state index contributed by atoms with van der Waals surface area (Å²) in [6.07, 6.45) is 10.5. The first-order chi connectivity index (χ1) is 26.0. The minimum Gasteiger partial charge on any atom is -0.462 e. The number of ether oxygens (including phenoxy) is 7. The second kappa shape index (κ2) is 17.5. The van der Waals surface area contributed by atoms with Crippen LogP contribution in [0.15, 0.2) is 48.3 Å². The minimum atomic E-state index is -0.686. The number of esters is 2. The average Bonchev–Trinajstić information content (AvgIpc) is 3.73. The Morgan fingerprint density at radius 1 is 0.981 bits per heavy atom. The van der Waals surface area contributed by atoms with E-state index < -0.39 is 36.3 Å². The third kappa shape index (κ3) is 8.50. The monoisotopic (exact) mass is 753 g/mol. The molecule has 13 nitrogen and oxygen atoms in total. The maximum atomic E-state index is 14.5. The molecule has 0 radical (unpaired) electrons. The van der Waals surface area contributed by atoms with E-state index >= 15 is 0 Å². The van der Waals surface area contributed by atoms with Crippen LogP contribution in [-0.4, -0.2) is 94.0 Å². The van der Waals surface area contributed by atoms with Gasteiger partial charge in [0.25, 0.3) is 5.91 Å². The number of aromatic nitrogens is 1. The molecule has 0 spiro atoms. The zero-order chi connectivity index (χ0) is 38.7. The third-order valence-electron chi connectivity index (χ3n) is 12.4. The topological polar surface area (TPSA) is 163 Å². The van der Waals surface area contributed by atoms with Crippen molar-refractivity contribution in [2.75, 3.05) is 21.3 Å². The number of carbonyl (C=O) groups is 4. The highest BCUT2D eigenvalue weighted by molar-refractivity contribution is 5.99. The zero-order valence-corrected chi connectivity index (χ0v) is 32.3. The summed E-state index contributed by atoms with van der Waals surface area (Å²) in [7, 11) is 4.89. The van der Waals surface area contributed by atoms with Gasteiger partial charge in [0, 0.05) is 33.3 Å². The number of hydrogen-bond donors (Lipinski definition) is 1.